The van der Waals surface area contributed by atoms with E-state index in [0.29, 0.717) is 0 Å². The van der Waals surface area contributed by atoms with Crippen molar-refractivity contribution in [3.63, 3.8) is 0 Å². The first-order valence-electron chi connectivity index (χ1n) is 5.68. The van der Waals surface area contributed by atoms with E-state index in [9.17, 15) is 0 Å². The minimum Gasteiger partial charge on any atom is -0.497 e. The Morgan fingerprint density at radius 3 is 2.61 bits per heavy atom. The molecular formula is C13H17N3O2. The van der Waals surface area contributed by atoms with E-state index in [1.54, 1.807) is 20.4 Å². The van der Waals surface area contributed by atoms with Crippen molar-refractivity contribution in [2.24, 2.45) is 0 Å². The van der Waals surface area contributed by atoms with Gasteiger partial charge in [-0.3, -0.25) is 5.10 Å². The number of H-pyrrole nitrogens is 1. The fourth-order valence-corrected chi connectivity index (χ4v) is 1.96. The van der Waals surface area contributed by atoms with Crippen LogP contribution in [0.2, 0.25) is 0 Å². The van der Waals surface area contributed by atoms with Crippen LogP contribution in [-0.4, -0.2) is 31.5 Å². The summed E-state index contributed by atoms with van der Waals surface area (Å²) in [6, 6.07) is 7.72. The second-order valence-electron chi connectivity index (χ2n) is 3.84. The van der Waals surface area contributed by atoms with Gasteiger partial charge in [0.2, 0.25) is 0 Å². The molecule has 0 bridgehead atoms. The van der Waals surface area contributed by atoms with Crippen molar-refractivity contribution in [1.29, 1.82) is 0 Å². The number of hydrogen-bond acceptors (Lipinski definition) is 4. The Morgan fingerprint density at radius 1 is 1.22 bits per heavy atom. The zero-order valence-electron chi connectivity index (χ0n) is 10.7. The van der Waals surface area contributed by atoms with Crippen molar-refractivity contribution in [2.45, 2.75) is 6.04 Å². The van der Waals surface area contributed by atoms with Crippen LogP contribution in [0.25, 0.3) is 0 Å². The van der Waals surface area contributed by atoms with E-state index < -0.39 is 0 Å². The van der Waals surface area contributed by atoms with Crippen LogP contribution < -0.4 is 14.8 Å². The van der Waals surface area contributed by atoms with Crippen LogP contribution in [0.15, 0.2) is 30.5 Å². The first-order valence-corrected chi connectivity index (χ1v) is 5.68. The summed E-state index contributed by atoms with van der Waals surface area (Å²) in [5.41, 5.74) is 2.02. The number of aromatic amines is 1. The number of ether oxygens (including phenoxy) is 2. The topological polar surface area (TPSA) is 59.2 Å². The number of benzene rings is 1. The molecule has 2 rings (SSSR count). The van der Waals surface area contributed by atoms with E-state index in [1.807, 2.05) is 31.3 Å². The zero-order chi connectivity index (χ0) is 13.0. The van der Waals surface area contributed by atoms with E-state index in [1.165, 1.54) is 0 Å². The summed E-state index contributed by atoms with van der Waals surface area (Å²) in [5, 5.41) is 10.2. The molecule has 2 N–H and O–H groups in total. The van der Waals surface area contributed by atoms with Gasteiger partial charge in [0.1, 0.15) is 11.5 Å². The average Bonchev–Trinajstić information content (AvgIpc) is 2.94. The Bertz CT molecular complexity index is 497. The van der Waals surface area contributed by atoms with Gasteiger partial charge in [-0.15, -0.1) is 0 Å². The lowest BCUT2D eigenvalue weighted by atomic mass is 10.0. The summed E-state index contributed by atoms with van der Waals surface area (Å²) in [6.45, 7) is 0. The van der Waals surface area contributed by atoms with Crippen LogP contribution in [0.1, 0.15) is 17.3 Å². The van der Waals surface area contributed by atoms with Crippen LogP contribution in [0.3, 0.4) is 0 Å². The fourth-order valence-electron chi connectivity index (χ4n) is 1.96. The predicted octanol–water partition coefficient (Wildman–Crippen LogP) is 1.74. The fraction of sp³-hybridized carbons (Fsp3) is 0.308. The van der Waals surface area contributed by atoms with Crippen molar-refractivity contribution in [3.05, 3.63) is 41.7 Å². The maximum atomic E-state index is 5.41. The lowest BCUT2D eigenvalue weighted by Crippen LogP contribution is -2.18. The van der Waals surface area contributed by atoms with Crippen LogP contribution in [0.4, 0.5) is 0 Å². The summed E-state index contributed by atoms with van der Waals surface area (Å²) in [7, 11) is 5.19. The summed E-state index contributed by atoms with van der Waals surface area (Å²) < 4.78 is 10.6. The van der Waals surface area contributed by atoms with Gasteiger partial charge >= 0.3 is 0 Å². The Labute approximate surface area is 106 Å². The molecule has 0 saturated heterocycles. The van der Waals surface area contributed by atoms with Gasteiger partial charge in [-0.2, -0.15) is 5.10 Å². The van der Waals surface area contributed by atoms with E-state index in [-0.39, 0.29) is 6.04 Å². The van der Waals surface area contributed by atoms with Crippen molar-refractivity contribution < 1.29 is 9.47 Å². The van der Waals surface area contributed by atoms with Crippen molar-refractivity contribution in [2.75, 3.05) is 21.3 Å². The number of rotatable bonds is 5. The highest BCUT2D eigenvalue weighted by atomic mass is 16.5. The van der Waals surface area contributed by atoms with Gasteiger partial charge in [0.25, 0.3) is 0 Å². The van der Waals surface area contributed by atoms with Crippen LogP contribution in [0, 0.1) is 0 Å². The highest BCUT2D eigenvalue weighted by Crippen LogP contribution is 2.31. The largest absolute Gasteiger partial charge is 0.497 e. The summed E-state index contributed by atoms with van der Waals surface area (Å²) in [5.74, 6) is 1.55. The minimum atomic E-state index is 0.00774. The minimum absolute atomic E-state index is 0.00774. The lowest BCUT2D eigenvalue weighted by Gasteiger charge is -2.18. The molecule has 1 aromatic carbocycles. The molecule has 0 amide bonds. The summed E-state index contributed by atoms with van der Waals surface area (Å²) in [4.78, 5) is 0. The van der Waals surface area contributed by atoms with Crippen LogP contribution >= 0.6 is 0 Å². The highest BCUT2D eigenvalue weighted by Gasteiger charge is 2.18. The molecule has 2 aromatic rings. The summed E-state index contributed by atoms with van der Waals surface area (Å²) >= 11 is 0. The SMILES string of the molecule is CNC(c1ccn[nH]1)c1ccc(OC)cc1OC. The second-order valence-corrected chi connectivity index (χ2v) is 3.84. The highest BCUT2D eigenvalue weighted by molar-refractivity contribution is 5.44. The first-order chi connectivity index (χ1) is 8.80. The standard InChI is InChI=1S/C13H17N3O2/c1-14-13(11-6-7-15-16-11)10-5-4-9(17-2)8-12(10)18-3/h4-8,13-14H,1-3H3,(H,15,16). The Kier molecular flexibility index (Phi) is 3.84. The molecule has 1 unspecified atom stereocenters. The molecule has 18 heavy (non-hydrogen) atoms. The molecule has 5 nitrogen and oxygen atoms in total. The number of aromatic nitrogens is 2. The van der Waals surface area contributed by atoms with E-state index in [2.05, 4.69) is 15.5 Å². The monoisotopic (exact) mass is 247 g/mol. The maximum absolute atomic E-state index is 5.41. The van der Waals surface area contributed by atoms with Gasteiger partial charge in [0, 0.05) is 17.8 Å². The molecule has 1 heterocycles. The van der Waals surface area contributed by atoms with Gasteiger partial charge in [-0.1, -0.05) is 0 Å². The van der Waals surface area contributed by atoms with Crippen molar-refractivity contribution in [1.82, 2.24) is 15.5 Å². The third-order valence-corrected chi connectivity index (χ3v) is 2.87. The quantitative estimate of drug-likeness (QED) is 0.845. The number of methoxy groups -OCH3 is 2. The van der Waals surface area contributed by atoms with Crippen LogP contribution in [0.5, 0.6) is 11.5 Å². The molecule has 0 aliphatic heterocycles. The van der Waals surface area contributed by atoms with Gasteiger partial charge < -0.3 is 14.8 Å². The third-order valence-electron chi connectivity index (χ3n) is 2.87. The molecule has 0 aliphatic carbocycles. The van der Waals surface area contributed by atoms with Gasteiger partial charge in [-0.25, -0.2) is 0 Å². The first kappa shape index (κ1) is 12.4. The normalized spacial score (nSPS) is 12.2. The molecular weight excluding hydrogens is 230 g/mol. The number of nitrogens with one attached hydrogen (secondary N) is 2. The van der Waals surface area contributed by atoms with Crippen LogP contribution in [-0.2, 0) is 0 Å². The predicted molar refractivity (Wildman–Crippen MR) is 69.0 cm³/mol. The van der Waals surface area contributed by atoms with Gasteiger partial charge in [0.15, 0.2) is 0 Å². The maximum Gasteiger partial charge on any atom is 0.127 e. The van der Waals surface area contributed by atoms with E-state index in [4.69, 9.17) is 9.47 Å². The van der Waals surface area contributed by atoms with E-state index in [0.717, 1.165) is 22.8 Å². The molecule has 0 radical (unpaired) electrons. The molecule has 1 aromatic heterocycles. The lowest BCUT2D eigenvalue weighted by molar-refractivity contribution is 0.388. The molecule has 5 heteroatoms. The molecule has 0 fully saturated rings. The third kappa shape index (κ3) is 2.31. The second kappa shape index (κ2) is 5.55. The van der Waals surface area contributed by atoms with Crippen molar-refractivity contribution in [3.8, 4) is 11.5 Å². The number of nitrogens with zero attached hydrogens (tertiary/aromatic N) is 1. The number of hydrogen-bond donors (Lipinski definition) is 2. The van der Waals surface area contributed by atoms with Gasteiger partial charge in [0.05, 0.1) is 26.0 Å². The van der Waals surface area contributed by atoms with Gasteiger partial charge in [-0.05, 0) is 25.2 Å². The molecule has 0 spiro atoms. The summed E-state index contributed by atoms with van der Waals surface area (Å²) in [6.07, 6.45) is 1.73. The smallest absolute Gasteiger partial charge is 0.127 e. The Morgan fingerprint density at radius 2 is 2.06 bits per heavy atom. The average molecular weight is 247 g/mol. The Hall–Kier alpha value is -2.01. The molecule has 0 aliphatic rings. The van der Waals surface area contributed by atoms with E-state index >= 15 is 0 Å². The zero-order valence-corrected chi connectivity index (χ0v) is 10.7. The molecule has 1 atom stereocenters. The Balaban J connectivity index is 2.42. The molecule has 96 valence electrons. The molecule has 0 saturated carbocycles. The van der Waals surface area contributed by atoms with Crippen molar-refractivity contribution >= 4 is 0 Å².